The van der Waals surface area contributed by atoms with Gasteiger partial charge in [0.15, 0.2) is 0 Å². The van der Waals surface area contributed by atoms with Gasteiger partial charge in [0.2, 0.25) is 0 Å². The molecule has 0 saturated carbocycles. The van der Waals surface area contributed by atoms with E-state index in [0.29, 0.717) is 23.9 Å². The summed E-state index contributed by atoms with van der Waals surface area (Å²) in [6, 6.07) is 7.78. The third-order valence-electron chi connectivity index (χ3n) is 4.60. The number of amides is 1. The number of benzene rings is 1. The highest BCUT2D eigenvalue weighted by atomic mass is 32.2. The Morgan fingerprint density at radius 3 is 2.56 bits per heavy atom. The van der Waals surface area contributed by atoms with E-state index in [2.05, 4.69) is 35.7 Å². The summed E-state index contributed by atoms with van der Waals surface area (Å²) in [5.74, 6) is 0.471. The minimum absolute atomic E-state index is 0.0625. The van der Waals surface area contributed by atoms with Gasteiger partial charge in [0.25, 0.3) is 15.9 Å². The summed E-state index contributed by atoms with van der Waals surface area (Å²) in [6.45, 7) is 4.85. The van der Waals surface area contributed by atoms with Crippen LogP contribution in [-0.2, 0) is 14.8 Å². The first-order chi connectivity index (χ1) is 12.7. The van der Waals surface area contributed by atoms with E-state index in [1.165, 1.54) is 11.6 Å². The second-order valence-electron chi connectivity index (χ2n) is 6.98. The number of nitrogens with two attached hydrogens (primary N) is 1. The van der Waals surface area contributed by atoms with Gasteiger partial charge in [0, 0.05) is 25.3 Å². The number of sulfonamides is 1. The van der Waals surface area contributed by atoms with Gasteiger partial charge in [0.05, 0.1) is 11.3 Å². The molecular weight excluding hydrogens is 364 g/mol. The Balaban J connectivity index is 1.60. The van der Waals surface area contributed by atoms with Crippen LogP contribution >= 0.6 is 0 Å². The van der Waals surface area contributed by atoms with Gasteiger partial charge in [-0.2, -0.15) is 0 Å². The van der Waals surface area contributed by atoms with Gasteiger partial charge in [-0.3, -0.25) is 4.79 Å². The van der Waals surface area contributed by atoms with Gasteiger partial charge >= 0.3 is 0 Å². The SMILES string of the molecule is CC(C)c1ccc(C(N)CNC(=O)C2=CN3CCS(=O)(=O)N=C3C=C2)cc1. The van der Waals surface area contributed by atoms with Crippen LogP contribution in [0.1, 0.15) is 36.9 Å². The Bertz CT molecular complexity index is 915. The zero-order valence-electron chi connectivity index (χ0n) is 15.4. The highest BCUT2D eigenvalue weighted by molar-refractivity contribution is 7.90. The van der Waals surface area contributed by atoms with Crippen molar-refractivity contribution in [2.24, 2.45) is 10.1 Å². The van der Waals surface area contributed by atoms with Crippen molar-refractivity contribution < 1.29 is 13.2 Å². The molecule has 1 atom stereocenters. The Morgan fingerprint density at radius 1 is 1.22 bits per heavy atom. The molecule has 27 heavy (non-hydrogen) atoms. The van der Waals surface area contributed by atoms with Gasteiger partial charge in [0.1, 0.15) is 5.84 Å². The van der Waals surface area contributed by atoms with E-state index in [1.807, 2.05) is 12.1 Å². The number of fused-ring (bicyclic) bond motifs is 1. The fourth-order valence-electron chi connectivity index (χ4n) is 2.89. The number of carbonyl (C=O) groups is 1. The molecule has 1 unspecified atom stereocenters. The Hall–Kier alpha value is -2.45. The maximum Gasteiger partial charge on any atom is 0.256 e. The van der Waals surface area contributed by atoms with E-state index in [-0.39, 0.29) is 24.2 Å². The average Bonchev–Trinajstić information content (AvgIpc) is 2.64. The third-order valence-corrected chi connectivity index (χ3v) is 5.76. The second-order valence-corrected chi connectivity index (χ2v) is 8.74. The van der Waals surface area contributed by atoms with E-state index in [0.717, 1.165) is 5.56 Å². The number of hydrogen-bond acceptors (Lipinski definition) is 5. The summed E-state index contributed by atoms with van der Waals surface area (Å²) in [5.41, 5.74) is 8.83. The first kappa shape index (κ1) is 19.3. The molecule has 0 spiro atoms. The van der Waals surface area contributed by atoms with Gasteiger partial charge in [-0.1, -0.05) is 38.1 Å². The lowest BCUT2D eigenvalue weighted by atomic mass is 9.99. The molecule has 7 nitrogen and oxygen atoms in total. The topological polar surface area (TPSA) is 105 Å². The molecule has 0 fully saturated rings. The predicted molar refractivity (Wildman–Crippen MR) is 106 cm³/mol. The van der Waals surface area contributed by atoms with Crippen LogP contribution in [0.3, 0.4) is 0 Å². The minimum atomic E-state index is -3.40. The molecule has 0 saturated heterocycles. The lowest BCUT2D eigenvalue weighted by Gasteiger charge is -2.27. The Kier molecular flexibility index (Phi) is 5.48. The quantitative estimate of drug-likeness (QED) is 0.794. The highest BCUT2D eigenvalue weighted by Gasteiger charge is 2.25. The summed E-state index contributed by atoms with van der Waals surface area (Å²) < 4.78 is 26.8. The average molecular weight is 388 g/mol. The van der Waals surface area contributed by atoms with E-state index in [1.54, 1.807) is 17.2 Å². The molecule has 0 bridgehead atoms. The molecule has 1 aromatic rings. The van der Waals surface area contributed by atoms with Crippen molar-refractivity contribution in [2.75, 3.05) is 18.8 Å². The zero-order chi connectivity index (χ0) is 19.6. The van der Waals surface area contributed by atoms with Crippen LogP contribution in [0.15, 0.2) is 52.6 Å². The first-order valence-electron chi connectivity index (χ1n) is 8.88. The highest BCUT2D eigenvalue weighted by Crippen LogP contribution is 2.18. The number of nitrogens with zero attached hydrogens (tertiary/aromatic N) is 2. The molecule has 144 valence electrons. The summed E-state index contributed by atoms with van der Waals surface area (Å²) in [7, 11) is -3.40. The standard InChI is InChI=1S/C19H24N4O3S/c1-13(2)14-3-5-15(6-4-14)17(20)11-21-19(24)16-7-8-18-22-27(25,26)10-9-23(18)12-16/h3-8,12-13,17H,9-11,20H2,1-2H3,(H,21,24). The van der Waals surface area contributed by atoms with Crippen molar-refractivity contribution in [1.82, 2.24) is 10.2 Å². The number of rotatable bonds is 5. The molecule has 3 N–H and O–H groups in total. The molecule has 2 heterocycles. The third kappa shape index (κ3) is 4.64. The van der Waals surface area contributed by atoms with Gasteiger partial charge in [-0.15, -0.1) is 4.40 Å². The van der Waals surface area contributed by atoms with Crippen LogP contribution in [0, 0.1) is 0 Å². The van der Waals surface area contributed by atoms with E-state index >= 15 is 0 Å². The summed E-state index contributed by atoms with van der Waals surface area (Å²) in [5, 5.41) is 2.83. The zero-order valence-corrected chi connectivity index (χ0v) is 16.2. The van der Waals surface area contributed by atoms with Crippen LogP contribution in [0.2, 0.25) is 0 Å². The van der Waals surface area contributed by atoms with E-state index in [4.69, 9.17) is 5.73 Å². The molecule has 3 rings (SSSR count). The van der Waals surface area contributed by atoms with Crippen molar-refractivity contribution in [1.29, 1.82) is 0 Å². The fraction of sp³-hybridized carbons (Fsp3) is 0.368. The van der Waals surface area contributed by atoms with Gasteiger partial charge in [-0.05, 0) is 29.2 Å². The molecule has 0 radical (unpaired) electrons. The molecule has 2 aliphatic heterocycles. The monoisotopic (exact) mass is 388 g/mol. The Labute approximate surface area is 159 Å². The van der Waals surface area contributed by atoms with Crippen molar-refractivity contribution in [3.05, 3.63) is 59.3 Å². The molecule has 0 aromatic heterocycles. The largest absolute Gasteiger partial charge is 0.350 e. The van der Waals surface area contributed by atoms with Crippen molar-refractivity contribution >= 4 is 21.8 Å². The maximum absolute atomic E-state index is 12.4. The number of amidine groups is 1. The molecule has 2 aliphatic rings. The van der Waals surface area contributed by atoms with Crippen molar-refractivity contribution in [3.63, 3.8) is 0 Å². The van der Waals surface area contributed by atoms with Gasteiger partial charge < -0.3 is 16.0 Å². The predicted octanol–water partition coefficient (Wildman–Crippen LogP) is 1.42. The van der Waals surface area contributed by atoms with Crippen LogP contribution in [0.25, 0.3) is 0 Å². The maximum atomic E-state index is 12.4. The van der Waals surface area contributed by atoms with Gasteiger partial charge in [-0.25, -0.2) is 8.42 Å². The van der Waals surface area contributed by atoms with E-state index in [9.17, 15) is 13.2 Å². The molecule has 8 heteroatoms. The molecular formula is C19H24N4O3S. The normalized spacial score (nSPS) is 19.2. The lowest BCUT2D eigenvalue weighted by Crippen LogP contribution is -2.39. The molecule has 1 aromatic carbocycles. The summed E-state index contributed by atoms with van der Waals surface area (Å²) in [4.78, 5) is 14.1. The molecule has 0 aliphatic carbocycles. The minimum Gasteiger partial charge on any atom is -0.350 e. The summed E-state index contributed by atoms with van der Waals surface area (Å²) >= 11 is 0. The number of carbonyl (C=O) groups excluding carboxylic acids is 1. The summed E-state index contributed by atoms with van der Waals surface area (Å²) in [6.07, 6.45) is 4.72. The second kappa shape index (κ2) is 7.66. The smallest absolute Gasteiger partial charge is 0.256 e. The van der Waals surface area contributed by atoms with Crippen LogP contribution < -0.4 is 11.1 Å². The Morgan fingerprint density at radius 2 is 1.89 bits per heavy atom. The van der Waals surface area contributed by atoms with E-state index < -0.39 is 10.0 Å². The lowest BCUT2D eigenvalue weighted by molar-refractivity contribution is -0.117. The van der Waals surface area contributed by atoms with Crippen LogP contribution in [-0.4, -0.2) is 43.9 Å². The first-order valence-corrected chi connectivity index (χ1v) is 10.5. The van der Waals surface area contributed by atoms with Crippen LogP contribution in [0.5, 0.6) is 0 Å². The number of hydrogen-bond donors (Lipinski definition) is 2. The van der Waals surface area contributed by atoms with Crippen LogP contribution in [0.4, 0.5) is 0 Å². The van der Waals surface area contributed by atoms with Crippen molar-refractivity contribution in [2.45, 2.75) is 25.8 Å². The number of nitrogens with one attached hydrogen (secondary N) is 1. The van der Waals surface area contributed by atoms with Crippen molar-refractivity contribution in [3.8, 4) is 0 Å². The molecule has 1 amide bonds. The fourth-order valence-corrected chi connectivity index (χ4v) is 3.86.